The SMILES string of the molecule is O=C(Cn1cccc1-c1nc(-c2ccc(Br)cc2)no1)N1CCCc2ccccc21. The summed E-state index contributed by atoms with van der Waals surface area (Å²) in [6, 6.07) is 19.6. The lowest BCUT2D eigenvalue weighted by molar-refractivity contribution is -0.119. The third kappa shape index (κ3) is 3.57. The van der Waals surface area contributed by atoms with Gasteiger partial charge in [0.25, 0.3) is 5.89 Å². The second kappa shape index (κ2) is 7.91. The van der Waals surface area contributed by atoms with Crippen molar-refractivity contribution in [1.29, 1.82) is 0 Å². The van der Waals surface area contributed by atoms with Crippen LogP contribution >= 0.6 is 15.9 Å². The summed E-state index contributed by atoms with van der Waals surface area (Å²) in [6.45, 7) is 0.952. The van der Waals surface area contributed by atoms with E-state index in [9.17, 15) is 4.79 Å². The van der Waals surface area contributed by atoms with Crippen LogP contribution in [-0.2, 0) is 17.8 Å². The maximum Gasteiger partial charge on any atom is 0.274 e. The van der Waals surface area contributed by atoms with Gasteiger partial charge < -0.3 is 14.0 Å². The minimum absolute atomic E-state index is 0.0484. The second-order valence-corrected chi connectivity index (χ2v) is 8.14. The molecule has 0 radical (unpaired) electrons. The number of halogens is 1. The Hall–Kier alpha value is -3.19. The molecule has 2 aromatic heterocycles. The fraction of sp³-hybridized carbons (Fsp3) is 0.174. The maximum absolute atomic E-state index is 13.1. The first-order chi connectivity index (χ1) is 14.7. The van der Waals surface area contributed by atoms with E-state index in [1.54, 1.807) is 0 Å². The number of aromatic nitrogens is 3. The number of para-hydroxylation sites is 1. The van der Waals surface area contributed by atoms with Gasteiger partial charge in [-0.25, -0.2) is 0 Å². The average Bonchev–Trinajstić information content (AvgIpc) is 3.43. The van der Waals surface area contributed by atoms with Gasteiger partial charge in [0.05, 0.1) is 0 Å². The van der Waals surface area contributed by atoms with E-state index < -0.39 is 0 Å². The molecule has 0 aliphatic carbocycles. The van der Waals surface area contributed by atoms with Crippen LogP contribution in [0.15, 0.2) is 75.9 Å². The minimum atomic E-state index is 0.0484. The molecule has 0 unspecified atom stereocenters. The number of hydrogen-bond acceptors (Lipinski definition) is 4. The van der Waals surface area contributed by atoms with Crippen LogP contribution in [0.4, 0.5) is 5.69 Å². The van der Waals surface area contributed by atoms with E-state index in [1.807, 2.05) is 70.3 Å². The third-order valence-electron chi connectivity index (χ3n) is 5.29. The summed E-state index contributed by atoms with van der Waals surface area (Å²) in [4.78, 5) is 19.5. The van der Waals surface area contributed by atoms with Gasteiger partial charge in [-0.1, -0.05) is 39.3 Å². The summed E-state index contributed by atoms with van der Waals surface area (Å²) >= 11 is 3.43. The molecule has 0 N–H and O–H groups in total. The predicted molar refractivity (Wildman–Crippen MR) is 118 cm³/mol. The molecule has 0 bridgehead atoms. The number of benzene rings is 2. The van der Waals surface area contributed by atoms with Crippen LogP contribution < -0.4 is 4.90 Å². The molecule has 0 saturated carbocycles. The molecule has 0 atom stereocenters. The highest BCUT2D eigenvalue weighted by Gasteiger charge is 2.23. The van der Waals surface area contributed by atoms with Crippen LogP contribution in [0.25, 0.3) is 23.0 Å². The standard InChI is InChI=1S/C23H19BrN4O2/c24-18-11-9-17(10-12-18)22-25-23(30-26-22)20-8-4-13-27(20)15-21(29)28-14-3-6-16-5-1-2-7-19(16)28/h1-2,4-5,7-13H,3,6,14-15H2. The molecule has 150 valence electrons. The van der Waals surface area contributed by atoms with Crippen molar-refractivity contribution in [1.82, 2.24) is 14.7 Å². The molecule has 5 rings (SSSR count). The van der Waals surface area contributed by atoms with E-state index in [4.69, 9.17) is 4.52 Å². The molecule has 0 spiro atoms. The molecule has 1 aliphatic heterocycles. The van der Waals surface area contributed by atoms with Gasteiger partial charge in [0, 0.05) is 28.5 Å². The van der Waals surface area contributed by atoms with Gasteiger partial charge in [0.2, 0.25) is 11.7 Å². The lowest BCUT2D eigenvalue weighted by Crippen LogP contribution is -2.37. The molecule has 1 aliphatic rings. The fourth-order valence-corrected chi connectivity index (χ4v) is 4.08. The number of rotatable bonds is 4. The molecule has 3 heterocycles. The summed E-state index contributed by atoms with van der Waals surface area (Å²) in [7, 11) is 0. The van der Waals surface area contributed by atoms with Gasteiger partial charge in [-0.3, -0.25) is 4.79 Å². The van der Waals surface area contributed by atoms with Crippen molar-refractivity contribution >= 4 is 27.5 Å². The average molecular weight is 463 g/mol. The number of hydrogen-bond donors (Lipinski definition) is 0. The topological polar surface area (TPSA) is 64.2 Å². The monoisotopic (exact) mass is 462 g/mol. The van der Waals surface area contributed by atoms with Gasteiger partial charge in [0.15, 0.2) is 0 Å². The molecule has 6 nitrogen and oxygen atoms in total. The number of anilines is 1. The Balaban J connectivity index is 1.38. The molecule has 4 aromatic rings. The van der Waals surface area contributed by atoms with Gasteiger partial charge in [-0.15, -0.1) is 0 Å². The fourth-order valence-electron chi connectivity index (χ4n) is 3.81. The summed E-state index contributed by atoms with van der Waals surface area (Å²) < 4.78 is 8.35. The molecule has 0 fully saturated rings. The molecule has 0 saturated heterocycles. The maximum atomic E-state index is 13.1. The first-order valence-electron chi connectivity index (χ1n) is 9.82. The Kier molecular flexibility index (Phi) is 4.96. The molecule has 1 amide bonds. The van der Waals surface area contributed by atoms with Gasteiger partial charge >= 0.3 is 0 Å². The summed E-state index contributed by atoms with van der Waals surface area (Å²) in [5, 5.41) is 4.10. The van der Waals surface area contributed by atoms with Crippen molar-refractivity contribution in [2.45, 2.75) is 19.4 Å². The Morgan fingerprint density at radius 3 is 2.77 bits per heavy atom. The van der Waals surface area contributed by atoms with E-state index in [1.165, 1.54) is 5.56 Å². The largest absolute Gasteiger partial charge is 0.334 e. The Bertz CT molecular complexity index is 1200. The molecule has 2 aromatic carbocycles. The highest BCUT2D eigenvalue weighted by Crippen LogP contribution is 2.28. The summed E-state index contributed by atoms with van der Waals surface area (Å²) in [5.74, 6) is 0.957. The highest BCUT2D eigenvalue weighted by molar-refractivity contribution is 9.10. The zero-order chi connectivity index (χ0) is 20.5. The zero-order valence-corrected chi connectivity index (χ0v) is 17.7. The Morgan fingerprint density at radius 2 is 1.90 bits per heavy atom. The van der Waals surface area contributed by atoms with Gasteiger partial charge in [-0.05, 0) is 60.9 Å². The first-order valence-corrected chi connectivity index (χ1v) is 10.6. The Morgan fingerprint density at radius 1 is 1.07 bits per heavy atom. The molecule has 30 heavy (non-hydrogen) atoms. The number of fused-ring (bicyclic) bond motifs is 1. The molecular formula is C23H19BrN4O2. The van der Waals surface area contributed by atoms with Crippen LogP contribution in [0, 0.1) is 0 Å². The van der Waals surface area contributed by atoms with Crippen molar-refractivity contribution in [3.63, 3.8) is 0 Å². The third-order valence-corrected chi connectivity index (χ3v) is 5.82. The van der Waals surface area contributed by atoms with E-state index in [0.29, 0.717) is 11.7 Å². The van der Waals surface area contributed by atoms with Crippen LogP contribution in [0.1, 0.15) is 12.0 Å². The zero-order valence-electron chi connectivity index (χ0n) is 16.2. The Labute approximate surface area is 182 Å². The number of carbonyl (C=O) groups excluding carboxylic acids is 1. The van der Waals surface area contributed by atoms with Crippen LogP contribution in [0.5, 0.6) is 0 Å². The van der Waals surface area contributed by atoms with Gasteiger partial charge in [-0.2, -0.15) is 4.98 Å². The number of aryl methyl sites for hydroxylation is 1. The van der Waals surface area contributed by atoms with Gasteiger partial charge in [0.1, 0.15) is 12.2 Å². The first kappa shape index (κ1) is 18.8. The highest BCUT2D eigenvalue weighted by atomic mass is 79.9. The van der Waals surface area contributed by atoms with Crippen LogP contribution in [-0.4, -0.2) is 27.2 Å². The normalized spacial score (nSPS) is 13.3. The lowest BCUT2D eigenvalue weighted by atomic mass is 10.0. The number of nitrogens with zero attached hydrogens (tertiary/aromatic N) is 4. The lowest BCUT2D eigenvalue weighted by Gasteiger charge is -2.29. The van der Waals surface area contributed by atoms with E-state index in [0.717, 1.165) is 40.8 Å². The van der Waals surface area contributed by atoms with Crippen molar-refractivity contribution < 1.29 is 9.32 Å². The van der Waals surface area contributed by atoms with E-state index in [-0.39, 0.29) is 12.5 Å². The van der Waals surface area contributed by atoms with E-state index in [2.05, 4.69) is 32.1 Å². The molecular weight excluding hydrogens is 444 g/mol. The van der Waals surface area contributed by atoms with Crippen molar-refractivity contribution in [2.75, 3.05) is 11.4 Å². The van der Waals surface area contributed by atoms with Crippen molar-refractivity contribution in [3.8, 4) is 23.0 Å². The second-order valence-electron chi connectivity index (χ2n) is 7.23. The summed E-state index contributed by atoms with van der Waals surface area (Å²) in [5.41, 5.74) is 3.83. The van der Waals surface area contributed by atoms with Crippen LogP contribution in [0.3, 0.4) is 0 Å². The smallest absolute Gasteiger partial charge is 0.274 e. The quantitative estimate of drug-likeness (QED) is 0.430. The van der Waals surface area contributed by atoms with Crippen molar-refractivity contribution in [2.24, 2.45) is 0 Å². The summed E-state index contributed by atoms with van der Waals surface area (Å²) in [6.07, 6.45) is 3.85. The van der Waals surface area contributed by atoms with E-state index >= 15 is 0 Å². The number of amides is 1. The molecule has 7 heteroatoms. The van der Waals surface area contributed by atoms with Crippen LogP contribution in [0.2, 0.25) is 0 Å². The number of carbonyl (C=O) groups is 1. The predicted octanol–water partition coefficient (Wildman–Crippen LogP) is 4.95. The van der Waals surface area contributed by atoms with Crippen molar-refractivity contribution in [3.05, 3.63) is 76.9 Å². The minimum Gasteiger partial charge on any atom is -0.334 e.